The summed E-state index contributed by atoms with van der Waals surface area (Å²) in [6.45, 7) is 4.64. The molecule has 5 nitrogen and oxygen atoms in total. The summed E-state index contributed by atoms with van der Waals surface area (Å²) < 4.78 is 5.78. The zero-order chi connectivity index (χ0) is 21.1. The van der Waals surface area contributed by atoms with Crippen LogP contribution in [0.2, 0.25) is 5.02 Å². The van der Waals surface area contributed by atoms with Gasteiger partial charge in [0.1, 0.15) is 0 Å². The van der Waals surface area contributed by atoms with Crippen LogP contribution in [-0.2, 0) is 11.3 Å². The lowest BCUT2D eigenvalue weighted by Crippen LogP contribution is -2.31. The molecule has 6 heteroatoms. The lowest BCUT2D eigenvalue weighted by atomic mass is 10.0. The van der Waals surface area contributed by atoms with Gasteiger partial charge in [-0.05, 0) is 60.2 Å². The van der Waals surface area contributed by atoms with Gasteiger partial charge in [-0.15, -0.1) is 10.2 Å². The van der Waals surface area contributed by atoms with Crippen molar-refractivity contribution in [2.45, 2.75) is 45.2 Å². The number of carbonyl (C=O) groups is 1. The van der Waals surface area contributed by atoms with Crippen LogP contribution in [0.3, 0.4) is 0 Å². The average molecular weight is 422 g/mol. The molecular formula is C24H24ClN3O2. The van der Waals surface area contributed by atoms with Gasteiger partial charge in [-0.25, -0.2) is 0 Å². The van der Waals surface area contributed by atoms with Gasteiger partial charge in [-0.1, -0.05) is 49.7 Å². The summed E-state index contributed by atoms with van der Waals surface area (Å²) >= 11 is 5.93. The molecule has 0 N–H and O–H groups in total. The van der Waals surface area contributed by atoms with E-state index in [1.807, 2.05) is 30.3 Å². The largest absolute Gasteiger partial charge is 0.419 e. The number of carbonyl (C=O) groups excluding carboxylic acids is 1. The number of hydrogen-bond donors (Lipinski definition) is 0. The molecule has 1 aliphatic rings. The Labute approximate surface area is 181 Å². The molecule has 154 valence electrons. The molecule has 1 saturated carbocycles. The molecule has 0 radical (unpaired) electrons. The van der Waals surface area contributed by atoms with Crippen molar-refractivity contribution in [3.05, 3.63) is 76.6 Å². The van der Waals surface area contributed by atoms with Gasteiger partial charge in [0, 0.05) is 22.7 Å². The van der Waals surface area contributed by atoms with E-state index < -0.39 is 0 Å². The maximum Gasteiger partial charge on any atom is 0.247 e. The third-order valence-corrected chi connectivity index (χ3v) is 5.41. The standard InChI is InChI=1S/C24H24ClN3O2/c1-16(2)18-6-3-17(4-7-18)5-14-23(29)28(21-12-13-21)15-22-26-27-24(30-22)19-8-10-20(25)11-9-19/h3-11,14,16,21H,12-13,15H2,1-2H3/b14-5+. The van der Waals surface area contributed by atoms with Crippen molar-refractivity contribution >= 4 is 23.6 Å². The Morgan fingerprint density at radius 1 is 1.13 bits per heavy atom. The molecule has 0 spiro atoms. The molecule has 4 rings (SSSR count). The predicted octanol–water partition coefficient (Wildman–Crippen LogP) is 5.72. The monoisotopic (exact) mass is 421 g/mol. The van der Waals surface area contributed by atoms with E-state index in [1.165, 1.54) is 5.56 Å². The second-order valence-electron chi connectivity index (χ2n) is 7.86. The smallest absolute Gasteiger partial charge is 0.247 e. The normalized spacial score (nSPS) is 13.9. The Morgan fingerprint density at radius 2 is 1.83 bits per heavy atom. The first kappa shape index (κ1) is 20.4. The first-order valence-corrected chi connectivity index (χ1v) is 10.5. The quantitative estimate of drug-likeness (QED) is 0.458. The van der Waals surface area contributed by atoms with E-state index >= 15 is 0 Å². The van der Waals surface area contributed by atoms with Crippen molar-refractivity contribution in [2.24, 2.45) is 0 Å². The Hall–Kier alpha value is -2.92. The minimum Gasteiger partial charge on any atom is -0.419 e. The topological polar surface area (TPSA) is 59.2 Å². The molecule has 0 saturated heterocycles. The third kappa shape index (κ3) is 4.97. The van der Waals surface area contributed by atoms with Gasteiger partial charge >= 0.3 is 0 Å². The maximum atomic E-state index is 12.8. The van der Waals surface area contributed by atoms with Gasteiger partial charge in [0.25, 0.3) is 0 Å². The fraction of sp³-hybridized carbons (Fsp3) is 0.292. The van der Waals surface area contributed by atoms with Gasteiger partial charge in [0.05, 0.1) is 6.54 Å². The van der Waals surface area contributed by atoms with Crippen molar-refractivity contribution in [1.82, 2.24) is 15.1 Å². The van der Waals surface area contributed by atoms with Crippen LogP contribution in [0.15, 0.2) is 59.0 Å². The fourth-order valence-electron chi connectivity index (χ4n) is 3.20. The molecule has 30 heavy (non-hydrogen) atoms. The van der Waals surface area contributed by atoms with E-state index in [2.05, 4.69) is 36.2 Å². The Morgan fingerprint density at radius 3 is 2.47 bits per heavy atom. The number of aromatic nitrogens is 2. The van der Waals surface area contributed by atoms with E-state index in [0.717, 1.165) is 24.0 Å². The highest BCUT2D eigenvalue weighted by Crippen LogP contribution is 2.29. The molecule has 1 aromatic heterocycles. The second kappa shape index (κ2) is 8.84. The van der Waals surface area contributed by atoms with Crippen LogP contribution >= 0.6 is 11.6 Å². The first-order chi connectivity index (χ1) is 14.5. The fourth-order valence-corrected chi connectivity index (χ4v) is 3.33. The second-order valence-corrected chi connectivity index (χ2v) is 8.30. The predicted molar refractivity (Wildman–Crippen MR) is 118 cm³/mol. The van der Waals surface area contributed by atoms with Crippen LogP contribution in [0.5, 0.6) is 0 Å². The molecule has 1 aliphatic carbocycles. The van der Waals surface area contributed by atoms with Crippen LogP contribution in [-0.4, -0.2) is 27.0 Å². The van der Waals surface area contributed by atoms with Crippen molar-refractivity contribution in [2.75, 3.05) is 0 Å². The van der Waals surface area contributed by atoms with Gasteiger partial charge in [-0.3, -0.25) is 4.79 Å². The van der Waals surface area contributed by atoms with Gasteiger partial charge in [-0.2, -0.15) is 0 Å². The summed E-state index contributed by atoms with van der Waals surface area (Å²) in [5.74, 6) is 1.29. The number of nitrogens with zero attached hydrogens (tertiary/aromatic N) is 3. The van der Waals surface area contributed by atoms with Gasteiger partial charge in [0.2, 0.25) is 17.7 Å². The highest BCUT2D eigenvalue weighted by atomic mass is 35.5. The minimum absolute atomic E-state index is 0.0447. The van der Waals surface area contributed by atoms with Crippen LogP contribution in [0, 0.1) is 0 Å². The molecule has 3 aromatic rings. The summed E-state index contributed by atoms with van der Waals surface area (Å²) in [5, 5.41) is 8.88. The summed E-state index contributed by atoms with van der Waals surface area (Å²) in [6.07, 6.45) is 5.48. The zero-order valence-corrected chi connectivity index (χ0v) is 17.8. The average Bonchev–Trinajstić information content (AvgIpc) is 3.48. The first-order valence-electron chi connectivity index (χ1n) is 10.2. The number of rotatable bonds is 7. The molecule has 1 fully saturated rings. The molecule has 0 aliphatic heterocycles. The number of benzene rings is 2. The summed E-state index contributed by atoms with van der Waals surface area (Å²) in [6, 6.07) is 15.7. The summed E-state index contributed by atoms with van der Waals surface area (Å²) in [7, 11) is 0. The Bertz CT molecular complexity index is 1040. The number of halogens is 1. The van der Waals surface area contributed by atoms with Gasteiger partial charge in [0.15, 0.2) is 0 Å². The van der Waals surface area contributed by atoms with Crippen molar-refractivity contribution in [1.29, 1.82) is 0 Å². The van der Waals surface area contributed by atoms with Crippen molar-refractivity contribution < 1.29 is 9.21 Å². The lowest BCUT2D eigenvalue weighted by Gasteiger charge is -2.18. The van der Waals surface area contributed by atoms with Crippen molar-refractivity contribution in [3.63, 3.8) is 0 Å². The Kier molecular flexibility index (Phi) is 6.00. The molecule has 0 atom stereocenters. The van der Waals surface area contributed by atoms with E-state index in [4.69, 9.17) is 16.0 Å². The molecule has 0 unspecified atom stereocenters. The zero-order valence-electron chi connectivity index (χ0n) is 17.1. The van der Waals surface area contributed by atoms with E-state index in [1.54, 1.807) is 23.1 Å². The third-order valence-electron chi connectivity index (χ3n) is 5.16. The summed E-state index contributed by atoms with van der Waals surface area (Å²) in [4.78, 5) is 14.6. The number of amides is 1. The highest BCUT2D eigenvalue weighted by Gasteiger charge is 2.32. The maximum absolute atomic E-state index is 12.8. The van der Waals surface area contributed by atoms with E-state index in [-0.39, 0.29) is 11.9 Å². The van der Waals surface area contributed by atoms with Crippen LogP contribution in [0.4, 0.5) is 0 Å². The van der Waals surface area contributed by atoms with Crippen LogP contribution in [0.1, 0.15) is 49.6 Å². The lowest BCUT2D eigenvalue weighted by molar-refractivity contribution is -0.127. The summed E-state index contributed by atoms with van der Waals surface area (Å²) in [5.41, 5.74) is 3.09. The minimum atomic E-state index is -0.0447. The van der Waals surface area contributed by atoms with Crippen molar-refractivity contribution in [3.8, 4) is 11.5 Å². The molecule has 2 aromatic carbocycles. The molecule has 1 heterocycles. The molecule has 0 bridgehead atoms. The van der Waals surface area contributed by atoms with Crippen LogP contribution < -0.4 is 0 Å². The molecule has 1 amide bonds. The SMILES string of the molecule is CC(C)c1ccc(/C=C/C(=O)N(Cc2nnc(-c3ccc(Cl)cc3)o2)C2CC2)cc1. The van der Waals surface area contributed by atoms with Gasteiger partial charge < -0.3 is 9.32 Å². The Balaban J connectivity index is 1.44. The van der Waals surface area contributed by atoms with E-state index in [9.17, 15) is 4.79 Å². The highest BCUT2D eigenvalue weighted by molar-refractivity contribution is 6.30. The number of hydrogen-bond acceptors (Lipinski definition) is 4. The molecular weight excluding hydrogens is 398 g/mol. The van der Waals surface area contributed by atoms with E-state index in [0.29, 0.717) is 29.3 Å². The van der Waals surface area contributed by atoms with Crippen LogP contribution in [0.25, 0.3) is 17.5 Å².